The Balaban J connectivity index is 2.20. The van der Waals surface area contributed by atoms with Crippen LogP contribution in [0.2, 0.25) is 5.15 Å². The van der Waals surface area contributed by atoms with Crippen LogP contribution in [0, 0.1) is 5.41 Å². The fourth-order valence-electron chi connectivity index (χ4n) is 2.87. The lowest BCUT2D eigenvalue weighted by Crippen LogP contribution is -2.22. The minimum atomic E-state index is -4.86. The van der Waals surface area contributed by atoms with E-state index in [0.29, 0.717) is 21.4 Å². The quantitative estimate of drug-likeness (QED) is 0.436. The molecule has 1 atom stereocenters. The average Bonchev–Trinajstić information content (AvgIpc) is 3.20. The summed E-state index contributed by atoms with van der Waals surface area (Å²) >= 11 is 5.68. The molecule has 0 radical (unpaired) electrons. The lowest BCUT2D eigenvalue weighted by Gasteiger charge is -2.12. The monoisotopic (exact) mass is 484 g/mol. The molecular weight excluding hydrogens is 474 g/mol. The first-order valence-electron chi connectivity index (χ1n) is 8.22. The lowest BCUT2D eigenvalue weighted by molar-refractivity contribution is -0.144. The number of nitrogens with zero attached hydrogens (tertiary/aromatic N) is 5. The molecule has 166 valence electrons. The predicted molar refractivity (Wildman–Crippen MR) is 102 cm³/mol. The summed E-state index contributed by atoms with van der Waals surface area (Å²) in [6.07, 6.45) is -7.91. The van der Waals surface area contributed by atoms with E-state index in [-0.39, 0.29) is 17.0 Å². The van der Waals surface area contributed by atoms with Crippen LogP contribution in [0.3, 0.4) is 0 Å². The van der Waals surface area contributed by atoms with Gasteiger partial charge in [-0.1, -0.05) is 22.9 Å². The second kappa shape index (κ2) is 8.07. The van der Waals surface area contributed by atoms with Crippen LogP contribution in [0.25, 0.3) is 4.96 Å². The average molecular weight is 485 g/mol. The molecule has 3 heterocycles. The van der Waals surface area contributed by atoms with Gasteiger partial charge in [0.1, 0.15) is 10.6 Å². The van der Waals surface area contributed by atoms with Crippen LogP contribution in [0.1, 0.15) is 27.9 Å². The molecule has 15 heteroatoms. The van der Waals surface area contributed by atoms with Gasteiger partial charge in [-0.2, -0.15) is 31.4 Å². The Kier molecular flexibility index (Phi) is 5.97. The van der Waals surface area contributed by atoms with Crippen molar-refractivity contribution in [2.24, 2.45) is 4.99 Å². The van der Waals surface area contributed by atoms with Crippen molar-refractivity contribution in [1.29, 1.82) is 5.41 Å². The van der Waals surface area contributed by atoms with Crippen LogP contribution in [0.5, 0.6) is 0 Å². The molecule has 0 aliphatic carbocycles. The summed E-state index contributed by atoms with van der Waals surface area (Å²) in [6, 6.07) is 1.39. The van der Waals surface area contributed by atoms with Crippen molar-refractivity contribution < 1.29 is 26.3 Å². The van der Waals surface area contributed by atoms with Gasteiger partial charge in [0.05, 0.1) is 23.9 Å². The van der Waals surface area contributed by atoms with Crippen LogP contribution in [-0.4, -0.2) is 38.6 Å². The molecule has 1 unspecified atom stereocenters. The Labute approximate surface area is 178 Å². The molecule has 3 aromatic heterocycles. The summed E-state index contributed by atoms with van der Waals surface area (Å²) in [4.78, 5) is 18.6. The van der Waals surface area contributed by atoms with Crippen LogP contribution in [0.4, 0.5) is 26.3 Å². The van der Waals surface area contributed by atoms with Gasteiger partial charge >= 0.3 is 12.4 Å². The first-order chi connectivity index (χ1) is 14.4. The zero-order valence-electron chi connectivity index (χ0n) is 15.3. The van der Waals surface area contributed by atoms with Crippen LogP contribution in [0.15, 0.2) is 21.9 Å². The van der Waals surface area contributed by atoms with E-state index in [0.717, 1.165) is 12.3 Å². The van der Waals surface area contributed by atoms with Gasteiger partial charge in [0.15, 0.2) is 10.1 Å². The van der Waals surface area contributed by atoms with Crippen LogP contribution < -0.4 is 5.56 Å². The van der Waals surface area contributed by atoms with Crippen molar-refractivity contribution in [2.45, 2.75) is 24.8 Å². The molecular formula is C16H11ClF6N6OS. The van der Waals surface area contributed by atoms with E-state index in [1.165, 1.54) is 7.05 Å². The number of hydrogen-bond acceptors (Lipinski definition) is 6. The van der Waals surface area contributed by atoms with E-state index in [1.807, 2.05) is 0 Å². The van der Waals surface area contributed by atoms with Gasteiger partial charge in [0.2, 0.25) is 0 Å². The molecule has 0 aromatic carbocycles. The summed E-state index contributed by atoms with van der Waals surface area (Å²) in [5.74, 6) is -1.26. The standard InChI is InChI=1S/C16H11ClF6N6OS/c1-25-5-7(4-24)12-13(16(21,22)23)31-14-26-8(2-11(30)29(12)14)6-28-9(15(18,19)20)3-10(17)27-28/h2-5,7,24H,6H2,1H3. The topological polar surface area (TPSA) is 88.4 Å². The third-order valence-corrected chi connectivity index (χ3v) is 5.31. The molecule has 31 heavy (non-hydrogen) atoms. The number of aliphatic imine (C=N–C) groups is 1. The molecule has 1 N–H and O–H groups in total. The molecule has 0 spiro atoms. The Morgan fingerprint density at radius 1 is 1.26 bits per heavy atom. The van der Waals surface area contributed by atoms with E-state index in [9.17, 15) is 31.1 Å². The maximum absolute atomic E-state index is 13.6. The Morgan fingerprint density at radius 3 is 2.48 bits per heavy atom. The number of fused-ring (bicyclic) bond motifs is 1. The molecule has 0 aliphatic heterocycles. The zero-order chi connectivity index (χ0) is 23.1. The molecule has 0 bridgehead atoms. The van der Waals surface area contributed by atoms with E-state index in [2.05, 4.69) is 15.1 Å². The van der Waals surface area contributed by atoms with E-state index in [1.54, 1.807) is 0 Å². The molecule has 3 aromatic rings. The molecule has 0 saturated heterocycles. The van der Waals surface area contributed by atoms with Crippen molar-refractivity contribution in [2.75, 3.05) is 7.05 Å². The molecule has 0 aliphatic rings. The number of aromatic nitrogens is 4. The minimum Gasteiger partial charge on any atom is -0.312 e. The second-order valence-corrected chi connectivity index (χ2v) is 7.49. The number of thiazole rings is 1. The second-order valence-electron chi connectivity index (χ2n) is 6.13. The van der Waals surface area contributed by atoms with Crippen molar-refractivity contribution in [3.8, 4) is 0 Å². The van der Waals surface area contributed by atoms with Gasteiger partial charge in [0, 0.05) is 31.6 Å². The molecule has 0 fully saturated rings. The normalized spacial score (nSPS) is 13.9. The van der Waals surface area contributed by atoms with Gasteiger partial charge in [-0.15, -0.1) is 0 Å². The maximum Gasteiger partial charge on any atom is 0.433 e. The van der Waals surface area contributed by atoms with Crippen molar-refractivity contribution in [3.63, 3.8) is 0 Å². The van der Waals surface area contributed by atoms with Gasteiger partial charge in [0.25, 0.3) is 5.56 Å². The Morgan fingerprint density at radius 2 is 1.94 bits per heavy atom. The highest BCUT2D eigenvalue weighted by atomic mass is 35.5. The number of rotatable bonds is 5. The number of alkyl halides is 6. The molecule has 0 amide bonds. The van der Waals surface area contributed by atoms with Gasteiger partial charge in [-0.05, 0) is 0 Å². The van der Waals surface area contributed by atoms with Gasteiger partial charge < -0.3 is 5.41 Å². The summed E-state index contributed by atoms with van der Waals surface area (Å²) in [5, 5.41) is 10.5. The predicted octanol–water partition coefficient (Wildman–Crippen LogP) is 4.13. The third kappa shape index (κ3) is 4.49. The van der Waals surface area contributed by atoms with Gasteiger partial charge in [-0.25, -0.2) is 4.98 Å². The molecule has 3 rings (SSSR count). The van der Waals surface area contributed by atoms with Crippen LogP contribution in [-0.2, 0) is 18.9 Å². The first-order valence-corrected chi connectivity index (χ1v) is 9.42. The first kappa shape index (κ1) is 22.9. The smallest absolute Gasteiger partial charge is 0.312 e. The highest BCUT2D eigenvalue weighted by Crippen LogP contribution is 2.39. The fraction of sp³-hybridized carbons (Fsp3) is 0.312. The van der Waals surface area contributed by atoms with Crippen molar-refractivity contribution >= 4 is 40.3 Å². The number of nitrogens with one attached hydrogen (secondary N) is 1. The Hall–Kier alpha value is -2.74. The minimum absolute atomic E-state index is 0.138. The van der Waals surface area contributed by atoms with Crippen molar-refractivity contribution in [3.05, 3.63) is 49.6 Å². The largest absolute Gasteiger partial charge is 0.433 e. The lowest BCUT2D eigenvalue weighted by atomic mass is 10.1. The summed E-state index contributed by atoms with van der Waals surface area (Å²) in [6.45, 7) is -0.647. The summed E-state index contributed by atoms with van der Waals surface area (Å²) in [7, 11) is 1.30. The molecule has 7 nitrogen and oxygen atoms in total. The molecule has 0 saturated carbocycles. The van der Waals surface area contributed by atoms with E-state index in [4.69, 9.17) is 17.0 Å². The summed E-state index contributed by atoms with van der Waals surface area (Å²) < 4.78 is 81.3. The van der Waals surface area contributed by atoms with Gasteiger partial charge in [-0.3, -0.25) is 18.9 Å². The Bertz CT molecular complexity index is 1220. The van der Waals surface area contributed by atoms with Crippen LogP contribution >= 0.6 is 22.9 Å². The van der Waals surface area contributed by atoms with E-state index < -0.39 is 56.8 Å². The van der Waals surface area contributed by atoms with E-state index >= 15 is 0 Å². The number of halogens is 7. The number of hydrogen-bond donors (Lipinski definition) is 1. The fourth-order valence-corrected chi connectivity index (χ4v) is 4.13. The SMILES string of the molecule is CN=CC(C=N)c1c(C(F)(F)F)sc2nc(Cn3nc(Cl)cc3C(F)(F)F)cc(=O)n12. The third-order valence-electron chi connectivity index (χ3n) is 4.02. The maximum atomic E-state index is 13.6. The highest BCUT2D eigenvalue weighted by Gasteiger charge is 2.40. The zero-order valence-corrected chi connectivity index (χ0v) is 16.9. The van der Waals surface area contributed by atoms with Crippen molar-refractivity contribution in [1.82, 2.24) is 19.2 Å². The summed E-state index contributed by atoms with van der Waals surface area (Å²) in [5.41, 5.74) is -2.95. The highest BCUT2D eigenvalue weighted by molar-refractivity contribution is 7.17.